The zero-order chi connectivity index (χ0) is 15.0. The topological polar surface area (TPSA) is 66.0 Å². The summed E-state index contributed by atoms with van der Waals surface area (Å²) < 4.78 is 6.04. The molecule has 8 heteroatoms. The van der Waals surface area contributed by atoms with E-state index in [-0.39, 0.29) is 5.92 Å². The van der Waals surface area contributed by atoms with Gasteiger partial charge in [0.05, 0.1) is 7.11 Å². The van der Waals surface area contributed by atoms with Crippen molar-refractivity contribution in [3.05, 3.63) is 24.3 Å². The predicted molar refractivity (Wildman–Crippen MR) is 85.4 cm³/mol. The van der Waals surface area contributed by atoms with Crippen LogP contribution in [0.3, 0.4) is 0 Å². The second kappa shape index (κ2) is 5.59. The summed E-state index contributed by atoms with van der Waals surface area (Å²) in [6.45, 7) is 0. The van der Waals surface area contributed by atoms with Crippen molar-refractivity contribution in [2.24, 2.45) is 5.92 Å². The van der Waals surface area contributed by atoms with Gasteiger partial charge in [0, 0.05) is 17.2 Å². The largest absolute Gasteiger partial charge is 0.497 e. The van der Waals surface area contributed by atoms with Crippen LogP contribution in [0.15, 0.2) is 29.4 Å². The Bertz CT molecular complexity index is 644. The van der Waals surface area contributed by atoms with Crippen LogP contribution in [0.25, 0.3) is 11.4 Å². The van der Waals surface area contributed by atoms with E-state index in [1.807, 2.05) is 24.3 Å². The van der Waals surface area contributed by atoms with Crippen molar-refractivity contribution >= 4 is 35.0 Å². The standard InChI is InChI=1S/C13H14Cl2N4OS/c1-20-10-4-2-8(3-5-10)11-17-18-12(19(11)16)21-7-9-6-13(9,14)15/h2-5,9H,6-7,16H2,1H3. The van der Waals surface area contributed by atoms with Crippen molar-refractivity contribution in [3.63, 3.8) is 0 Å². The van der Waals surface area contributed by atoms with Gasteiger partial charge >= 0.3 is 0 Å². The van der Waals surface area contributed by atoms with Crippen molar-refractivity contribution in [2.75, 3.05) is 18.7 Å². The number of rotatable bonds is 5. The quantitative estimate of drug-likeness (QED) is 0.513. The number of halogens is 2. The van der Waals surface area contributed by atoms with E-state index in [0.717, 1.165) is 23.5 Å². The Morgan fingerprint density at radius 3 is 2.62 bits per heavy atom. The van der Waals surface area contributed by atoms with Crippen molar-refractivity contribution in [1.82, 2.24) is 14.9 Å². The maximum absolute atomic E-state index is 6.05. The highest BCUT2D eigenvalue weighted by molar-refractivity contribution is 7.99. The molecule has 3 rings (SSSR count). The number of aromatic nitrogens is 3. The highest BCUT2D eigenvalue weighted by atomic mass is 35.5. The predicted octanol–water partition coefficient (Wildman–Crippen LogP) is 2.95. The highest BCUT2D eigenvalue weighted by Crippen LogP contribution is 2.54. The Hall–Kier alpha value is -1.11. The number of benzene rings is 1. The summed E-state index contributed by atoms with van der Waals surface area (Å²) in [6, 6.07) is 7.50. The molecule has 0 saturated heterocycles. The molecule has 1 fully saturated rings. The van der Waals surface area contributed by atoms with Crippen LogP contribution in [0.5, 0.6) is 5.75 Å². The van der Waals surface area contributed by atoms with E-state index in [0.29, 0.717) is 11.0 Å². The number of hydrogen-bond acceptors (Lipinski definition) is 5. The minimum atomic E-state index is -0.578. The van der Waals surface area contributed by atoms with Gasteiger partial charge in [-0.15, -0.1) is 33.4 Å². The molecule has 1 saturated carbocycles. The number of methoxy groups -OCH3 is 1. The summed E-state index contributed by atoms with van der Waals surface area (Å²) in [6.07, 6.45) is 0.813. The number of thioether (sulfide) groups is 1. The summed E-state index contributed by atoms with van der Waals surface area (Å²) in [7, 11) is 1.63. The molecule has 1 atom stereocenters. The SMILES string of the molecule is COc1ccc(-c2nnc(SCC3CC3(Cl)Cl)n2N)cc1. The van der Waals surface area contributed by atoms with Gasteiger partial charge in [-0.2, -0.15) is 0 Å². The van der Waals surface area contributed by atoms with E-state index in [4.69, 9.17) is 33.8 Å². The van der Waals surface area contributed by atoms with Gasteiger partial charge in [0.2, 0.25) is 5.16 Å². The molecule has 1 unspecified atom stereocenters. The van der Waals surface area contributed by atoms with Crippen LogP contribution in [-0.4, -0.2) is 32.1 Å². The molecule has 0 spiro atoms. The number of hydrogen-bond donors (Lipinski definition) is 1. The fourth-order valence-electron chi connectivity index (χ4n) is 1.94. The van der Waals surface area contributed by atoms with E-state index in [1.165, 1.54) is 16.4 Å². The van der Waals surface area contributed by atoms with Gasteiger partial charge in [0.15, 0.2) is 5.82 Å². The molecule has 1 aliphatic rings. The van der Waals surface area contributed by atoms with E-state index >= 15 is 0 Å². The van der Waals surface area contributed by atoms with Gasteiger partial charge in [-0.25, -0.2) is 4.68 Å². The summed E-state index contributed by atoms with van der Waals surface area (Å²) in [5.74, 6) is 8.51. The summed E-state index contributed by atoms with van der Waals surface area (Å²) in [5, 5.41) is 8.90. The first-order valence-electron chi connectivity index (χ1n) is 6.37. The first-order chi connectivity index (χ1) is 10.0. The lowest BCUT2D eigenvalue weighted by Crippen LogP contribution is -2.12. The fourth-order valence-corrected chi connectivity index (χ4v) is 3.72. The van der Waals surface area contributed by atoms with Gasteiger partial charge in [0.25, 0.3) is 0 Å². The van der Waals surface area contributed by atoms with Gasteiger partial charge in [-0.3, -0.25) is 0 Å². The van der Waals surface area contributed by atoms with Gasteiger partial charge in [-0.1, -0.05) is 11.8 Å². The minimum absolute atomic E-state index is 0.284. The van der Waals surface area contributed by atoms with E-state index in [1.54, 1.807) is 7.11 Å². The lowest BCUT2D eigenvalue weighted by molar-refractivity contribution is 0.415. The molecule has 0 aliphatic heterocycles. The van der Waals surface area contributed by atoms with Crippen LogP contribution in [0.2, 0.25) is 0 Å². The third-order valence-electron chi connectivity index (χ3n) is 3.38. The highest BCUT2D eigenvalue weighted by Gasteiger charge is 2.51. The maximum atomic E-state index is 6.05. The molecule has 0 radical (unpaired) electrons. The molecule has 0 bridgehead atoms. The zero-order valence-electron chi connectivity index (χ0n) is 11.3. The van der Waals surface area contributed by atoms with Crippen LogP contribution in [0.1, 0.15) is 6.42 Å². The van der Waals surface area contributed by atoms with E-state index in [9.17, 15) is 0 Å². The third kappa shape index (κ3) is 3.07. The average molecular weight is 345 g/mol. The van der Waals surface area contributed by atoms with E-state index < -0.39 is 4.33 Å². The van der Waals surface area contributed by atoms with Crippen LogP contribution in [0, 0.1) is 5.92 Å². The van der Waals surface area contributed by atoms with Crippen molar-refractivity contribution in [3.8, 4) is 17.1 Å². The third-order valence-corrected chi connectivity index (χ3v) is 5.41. The molecule has 5 nitrogen and oxygen atoms in total. The molecule has 112 valence electrons. The molecule has 1 aliphatic carbocycles. The first kappa shape index (κ1) is 14.8. The Labute approximate surface area is 136 Å². The second-order valence-corrected chi connectivity index (χ2v) is 7.41. The smallest absolute Gasteiger partial charge is 0.210 e. The molecule has 1 aromatic carbocycles. The number of nitrogens with zero attached hydrogens (tertiary/aromatic N) is 3. The first-order valence-corrected chi connectivity index (χ1v) is 8.11. The molecule has 2 N–H and O–H groups in total. The normalized spacial score (nSPS) is 19.5. The Kier molecular flexibility index (Phi) is 3.94. The Morgan fingerprint density at radius 1 is 1.38 bits per heavy atom. The Balaban J connectivity index is 1.72. The lowest BCUT2D eigenvalue weighted by atomic mass is 10.2. The van der Waals surface area contributed by atoms with Crippen molar-refractivity contribution < 1.29 is 4.74 Å². The molecule has 0 amide bonds. The lowest BCUT2D eigenvalue weighted by Gasteiger charge is -2.05. The van der Waals surface area contributed by atoms with Crippen molar-refractivity contribution in [2.45, 2.75) is 15.9 Å². The number of nitrogens with two attached hydrogens (primary N) is 1. The molecular formula is C13H14Cl2N4OS. The van der Waals surface area contributed by atoms with Crippen LogP contribution in [0.4, 0.5) is 0 Å². The number of nitrogen functional groups attached to an aromatic ring is 1. The van der Waals surface area contributed by atoms with Gasteiger partial charge in [0.1, 0.15) is 10.1 Å². The number of ether oxygens (including phenoxy) is 1. The zero-order valence-corrected chi connectivity index (χ0v) is 13.6. The summed E-state index contributed by atoms with van der Waals surface area (Å²) >= 11 is 13.5. The fraction of sp³-hybridized carbons (Fsp3) is 0.385. The van der Waals surface area contributed by atoms with Gasteiger partial charge in [-0.05, 0) is 30.7 Å². The Morgan fingerprint density at radius 2 is 2.05 bits per heavy atom. The summed E-state index contributed by atoms with van der Waals surface area (Å²) in [4.78, 5) is 0. The number of alkyl halides is 2. The molecule has 1 heterocycles. The minimum Gasteiger partial charge on any atom is -0.497 e. The van der Waals surface area contributed by atoms with Crippen LogP contribution >= 0.6 is 35.0 Å². The van der Waals surface area contributed by atoms with Crippen molar-refractivity contribution in [1.29, 1.82) is 0 Å². The van der Waals surface area contributed by atoms with Crippen LogP contribution in [-0.2, 0) is 0 Å². The molecular weight excluding hydrogens is 331 g/mol. The van der Waals surface area contributed by atoms with Gasteiger partial charge < -0.3 is 10.6 Å². The molecule has 1 aromatic heterocycles. The maximum Gasteiger partial charge on any atom is 0.210 e. The monoisotopic (exact) mass is 344 g/mol. The summed E-state index contributed by atoms with van der Waals surface area (Å²) in [5.41, 5.74) is 0.883. The second-order valence-electron chi connectivity index (χ2n) is 4.88. The van der Waals surface area contributed by atoms with E-state index in [2.05, 4.69) is 10.2 Å². The molecule has 21 heavy (non-hydrogen) atoms. The van der Waals surface area contributed by atoms with Crippen LogP contribution < -0.4 is 10.6 Å². The average Bonchev–Trinajstić information content (AvgIpc) is 2.92. The molecule has 2 aromatic rings.